The van der Waals surface area contributed by atoms with Gasteiger partial charge in [0.05, 0.1) is 26.7 Å². The van der Waals surface area contributed by atoms with E-state index in [1.54, 1.807) is 18.2 Å². The highest BCUT2D eigenvalue weighted by atomic mass is 28.3. The molecule has 2 aliphatic heterocycles. The highest BCUT2D eigenvalue weighted by Crippen LogP contribution is 2.55. The van der Waals surface area contributed by atoms with Gasteiger partial charge in [-0.05, 0) is 37.8 Å². The lowest BCUT2D eigenvalue weighted by atomic mass is 9.83. The molecule has 1 aromatic carbocycles. The van der Waals surface area contributed by atoms with Crippen molar-refractivity contribution in [3.63, 3.8) is 0 Å². The Bertz CT molecular complexity index is 1110. The van der Waals surface area contributed by atoms with Gasteiger partial charge in [-0.1, -0.05) is 56.4 Å². The standard InChI is InChI=1S/C26H36F2N4O3Si/c1-24(2)19-14-29-21(31-22(34)25(12-9-13-25)36(3,4)5)18(19)15-32(24)23(35)30-20(26(27,28)16-33)17-10-7-6-8-11-17/h6-8,10-11,20,33H,9,12-16H2,1-5H3,(H,30,35)(H,29,31,34). The van der Waals surface area contributed by atoms with Gasteiger partial charge in [-0.25, -0.2) is 13.6 Å². The Labute approximate surface area is 212 Å². The van der Waals surface area contributed by atoms with E-state index < -0.39 is 38.2 Å². The summed E-state index contributed by atoms with van der Waals surface area (Å²) in [7, 11) is -1.77. The molecule has 0 aromatic heterocycles. The zero-order valence-electron chi connectivity index (χ0n) is 21.6. The number of benzene rings is 1. The molecule has 3 N–H and O–H groups in total. The van der Waals surface area contributed by atoms with Crippen LogP contribution in [-0.2, 0) is 4.79 Å². The van der Waals surface area contributed by atoms with Crippen molar-refractivity contribution in [2.45, 2.75) is 75.3 Å². The molecule has 1 atom stereocenters. The van der Waals surface area contributed by atoms with Gasteiger partial charge in [-0.15, -0.1) is 0 Å². The van der Waals surface area contributed by atoms with E-state index in [9.17, 15) is 23.5 Å². The summed E-state index contributed by atoms with van der Waals surface area (Å²) in [6.07, 6.45) is 2.81. The van der Waals surface area contributed by atoms with Gasteiger partial charge in [-0.2, -0.15) is 0 Å². The quantitative estimate of drug-likeness (QED) is 0.492. The average molecular weight is 519 g/mol. The third kappa shape index (κ3) is 4.28. The Kier molecular flexibility index (Phi) is 6.66. The number of nitrogens with zero attached hydrogens (tertiary/aromatic N) is 2. The van der Waals surface area contributed by atoms with Crippen LogP contribution in [0.5, 0.6) is 0 Å². The van der Waals surface area contributed by atoms with E-state index in [4.69, 9.17) is 0 Å². The summed E-state index contributed by atoms with van der Waals surface area (Å²) < 4.78 is 29.3. The Balaban J connectivity index is 1.52. The molecule has 10 heteroatoms. The number of amides is 3. The zero-order chi connectivity index (χ0) is 26.5. The van der Waals surface area contributed by atoms with Crippen LogP contribution in [0.25, 0.3) is 0 Å². The van der Waals surface area contributed by atoms with Gasteiger partial charge in [0.15, 0.2) is 0 Å². The molecule has 0 saturated heterocycles. The molecule has 3 aliphatic rings. The largest absolute Gasteiger partial charge is 0.390 e. The Morgan fingerprint density at radius 1 is 1.19 bits per heavy atom. The number of carbonyl (C=O) groups is 2. The fourth-order valence-electron chi connectivity index (χ4n) is 5.63. The molecule has 1 aromatic rings. The molecule has 1 aliphatic carbocycles. The molecule has 4 rings (SSSR count). The second kappa shape index (κ2) is 9.06. The van der Waals surface area contributed by atoms with Crippen molar-refractivity contribution in [1.82, 2.24) is 15.5 Å². The summed E-state index contributed by atoms with van der Waals surface area (Å²) in [4.78, 5) is 32.8. The van der Waals surface area contributed by atoms with Crippen LogP contribution in [0, 0.1) is 0 Å². The number of alkyl halides is 2. The van der Waals surface area contributed by atoms with Crippen LogP contribution in [0.2, 0.25) is 24.7 Å². The number of amidine groups is 1. The van der Waals surface area contributed by atoms with Gasteiger partial charge in [0.25, 0.3) is 5.92 Å². The van der Waals surface area contributed by atoms with Crippen LogP contribution >= 0.6 is 0 Å². The van der Waals surface area contributed by atoms with E-state index in [1.807, 2.05) is 13.8 Å². The summed E-state index contributed by atoms with van der Waals surface area (Å²) in [6, 6.07) is 5.55. The average Bonchev–Trinajstić information content (AvgIpc) is 3.28. The lowest BCUT2D eigenvalue weighted by Gasteiger charge is -2.49. The van der Waals surface area contributed by atoms with Gasteiger partial charge in [0, 0.05) is 10.6 Å². The first kappa shape index (κ1) is 26.5. The second-order valence-corrected chi connectivity index (χ2v) is 17.1. The first-order valence-corrected chi connectivity index (χ1v) is 16.0. The number of hydrogen-bond acceptors (Lipinski definition) is 4. The Morgan fingerprint density at radius 2 is 1.83 bits per heavy atom. The summed E-state index contributed by atoms with van der Waals surface area (Å²) in [5.74, 6) is -3.05. The van der Waals surface area contributed by atoms with Gasteiger partial charge in [-0.3, -0.25) is 9.79 Å². The van der Waals surface area contributed by atoms with Crippen molar-refractivity contribution < 1.29 is 23.5 Å². The van der Waals surface area contributed by atoms with Crippen molar-refractivity contribution in [1.29, 1.82) is 0 Å². The van der Waals surface area contributed by atoms with Crippen molar-refractivity contribution in [3.8, 4) is 0 Å². The molecule has 196 valence electrons. The highest BCUT2D eigenvalue weighted by molar-refractivity contribution is 6.82. The molecule has 0 radical (unpaired) electrons. The Hall–Kier alpha value is -2.59. The van der Waals surface area contributed by atoms with E-state index in [-0.39, 0.29) is 23.1 Å². The summed E-state index contributed by atoms with van der Waals surface area (Å²) in [5.41, 5.74) is 1.10. The predicted molar refractivity (Wildman–Crippen MR) is 138 cm³/mol. The first-order chi connectivity index (χ1) is 16.7. The fourth-order valence-corrected chi connectivity index (χ4v) is 8.23. The molecule has 36 heavy (non-hydrogen) atoms. The number of aliphatic hydroxyl groups is 1. The first-order valence-electron chi connectivity index (χ1n) is 12.5. The maximum absolute atomic E-state index is 14.7. The van der Waals surface area contributed by atoms with E-state index in [0.29, 0.717) is 12.4 Å². The summed E-state index contributed by atoms with van der Waals surface area (Å²) >= 11 is 0. The molecule has 7 nitrogen and oxygen atoms in total. The molecule has 0 spiro atoms. The SMILES string of the molecule is CC1(C)C2=C(CN1C(=O)NC(c1ccccc1)C(F)(F)CO)C(NC(=O)C1([Si](C)(C)C)CCC1)=NC2. The summed E-state index contributed by atoms with van der Waals surface area (Å²) in [6.45, 7) is 9.44. The van der Waals surface area contributed by atoms with Gasteiger partial charge in [0.2, 0.25) is 5.91 Å². The number of aliphatic hydroxyl groups excluding tert-OH is 1. The predicted octanol–water partition coefficient (Wildman–Crippen LogP) is 4.25. The lowest BCUT2D eigenvalue weighted by molar-refractivity contribution is -0.125. The topological polar surface area (TPSA) is 94.0 Å². The highest BCUT2D eigenvalue weighted by Gasteiger charge is 2.54. The molecular weight excluding hydrogens is 482 g/mol. The molecule has 2 heterocycles. The monoisotopic (exact) mass is 518 g/mol. The van der Waals surface area contributed by atoms with E-state index in [2.05, 4.69) is 35.3 Å². The number of hydrogen-bond donors (Lipinski definition) is 3. The van der Waals surface area contributed by atoms with Gasteiger partial charge in [0.1, 0.15) is 18.5 Å². The van der Waals surface area contributed by atoms with Crippen LogP contribution in [0.3, 0.4) is 0 Å². The van der Waals surface area contributed by atoms with E-state index in [1.165, 1.54) is 17.0 Å². The number of aliphatic imine (C=N–C) groups is 1. The molecule has 1 fully saturated rings. The van der Waals surface area contributed by atoms with E-state index in [0.717, 1.165) is 30.4 Å². The van der Waals surface area contributed by atoms with Crippen molar-refractivity contribution in [3.05, 3.63) is 47.0 Å². The van der Waals surface area contributed by atoms with Gasteiger partial charge < -0.3 is 20.6 Å². The molecule has 0 bridgehead atoms. The van der Waals surface area contributed by atoms with Crippen LogP contribution in [0.4, 0.5) is 13.6 Å². The molecule has 1 saturated carbocycles. The molecule has 3 amide bonds. The fraction of sp³-hybridized carbons (Fsp3) is 0.577. The number of rotatable bonds is 6. The number of urea groups is 1. The van der Waals surface area contributed by atoms with E-state index >= 15 is 0 Å². The zero-order valence-corrected chi connectivity index (χ0v) is 22.6. The van der Waals surface area contributed by atoms with Crippen LogP contribution in [0.1, 0.15) is 44.7 Å². The second-order valence-electron chi connectivity index (χ2n) is 11.6. The lowest BCUT2D eigenvalue weighted by Crippen LogP contribution is -2.55. The maximum atomic E-state index is 14.7. The van der Waals surface area contributed by atoms with Crippen LogP contribution in [0.15, 0.2) is 46.5 Å². The Morgan fingerprint density at radius 3 is 2.36 bits per heavy atom. The molecular formula is C26H36F2N4O3Si. The third-order valence-corrected chi connectivity index (χ3v) is 12.0. The smallest absolute Gasteiger partial charge is 0.319 e. The molecule has 1 unspecified atom stereocenters. The van der Waals surface area contributed by atoms with Gasteiger partial charge >= 0.3 is 6.03 Å². The third-order valence-electron chi connectivity index (χ3n) is 8.36. The number of carbonyl (C=O) groups excluding carboxylic acids is 2. The maximum Gasteiger partial charge on any atom is 0.319 e. The minimum atomic E-state index is -3.55. The van der Waals surface area contributed by atoms with Crippen molar-refractivity contribution >= 4 is 25.8 Å². The van der Waals surface area contributed by atoms with Crippen molar-refractivity contribution in [2.75, 3.05) is 19.7 Å². The summed E-state index contributed by atoms with van der Waals surface area (Å²) in [5, 5.41) is 14.5. The minimum Gasteiger partial charge on any atom is -0.390 e. The number of halogens is 2. The minimum absolute atomic E-state index is 0.00727. The van der Waals surface area contributed by atoms with Crippen LogP contribution in [-0.4, -0.2) is 67.0 Å². The normalized spacial score (nSPS) is 21.4. The number of nitrogens with one attached hydrogen (secondary N) is 2. The van der Waals surface area contributed by atoms with Crippen molar-refractivity contribution in [2.24, 2.45) is 4.99 Å². The van der Waals surface area contributed by atoms with Crippen LogP contribution < -0.4 is 10.6 Å².